The van der Waals surface area contributed by atoms with Crippen molar-refractivity contribution in [1.82, 2.24) is 36.0 Å². The van der Waals surface area contributed by atoms with Crippen LogP contribution in [0.4, 0.5) is 10.5 Å². The SMILES string of the molecule is C/C=C\C(=O)N(C=O)CCCCCC(=O)NCCNC(=O)c1cc(COC(=O)N(C)CCOCCc2ccc(NC=O)cc2Cl)ccc1OC1CC(O)CC(C(=O)O)O1.CNCc1ccc2c(c1)CN(C1CCC(=O)NC1=O)C2=O. The van der Waals surface area contributed by atoms with Gasteiger partial charge in [-0.15, -0.1) is 0 Å². The van der Waals surface area contributed by atoms with Crippen LogP contribution < -0.4 is 31.3 Å². The van der Waals surface area contributed by atoms with Crippen LogP contribution in [0.15, 0.2) is 66.7 Å². The van der Waals surface area contributed by atoms with E-state index >= 15 is 0 Å². The zero-order valence-electron chi connectivity index (χ0n) is 44.9. The lowest BCUT2D eigenvalue weighted by Gasteiger charge is -2.31. The average Bonchev–Trinajstić information content (AvgIpc) is 3.87. The summed E-state index contributed by atoms with van der Waals surface area (Å²) in [5.74, 6) is -3.27. The van der Waals surface area contributed by atoms with Crippen molar-refractivity contribution in [2.45, 2.75) is 109 Å². The standard InChI is InChI=1S/C40H52ClN5O13.C15H17N3O3/c1-3-7-36(51)46(26-48)16-6-4-5-8-35(50)42-14-15-43-38(52)31-20-27(9-12-33(31)58-37-23-30(49)22-34(59-37)39(53)54)24-57-40(55)45(2)17-19-56-18-13-28-10-11-29(44-25-47)21-32(28)41;1-16-7-9-2-3-11-10(6-9)8-18(15(11)21)12-4-5-13(19)17-14(12)20/h3,7,9-12,20-21,25-26,30,34,37,49H,4-6,8,13-19,22-24H2,1-2H3,(H,42,50)(H,43,52)(H,44,47)(H,53,54);2-3,6,12,16H,4-5,7-8H2,1H3,(H,17,19,20)/b7-3-;. The molecule has 4 atom stereocenters. The molecule has 2 fully saturated rings. The molecule has 6 rings (SSSR count). The van der Waals surface area contributed by atoms with Crippen LogP contribution in [-0.4, -0.2) is 163 Å². The Morgan fingerprint density at radius 1 is 0.938 bits per heavy atom. The first-order valence-corrected chi connectivity index (χ1v) is 26.5. The number of carboxylic acid groups (broad SMARTS) is 1. The monoisotopic (exact) mass is 1130 g/mol. The van der Waals surface area contributed by atoms with Crippen LogP contribution in [0.25, 0.3) is 0 Å². The van der Waals surface area contributed by atoms with Gasteiger partial charge in [0, 0.05) is 88.3 Å². The Balaban J connectivity index is 0.000000461. The molecule has 2 saturated heterocycles. The van der Waals surface area contributed by atoms with E-state index in [2.05, 4.69) is 26.6 Å². The third-order valence-electron chi connectivity index (χ3n) is 12.9. The normalized spacial score (nSPS) is 17.5. The zero-order valence-corrected chi connectivity index (χ0v) is 45.6. The van der Waals surface area contributed by atoms with Crippen molar-refractivity contribution in [3.63, 3.8) is 0 Å². The van der Waals surface area contributed by atoms with Crippen molar-refractivity contribution in [3.8, 4) is 5.75 Å². The number of carboxylic acids is 1. The van der Waals surface area contributed by atoms with Gasteiger partial charge >= 0.3 is 12.1 Å². The highest BCUT2D eigenvalue weighted by molar-refractivity contribution is 6.31. The van der Waals surface area contributed by atoms with E-state index in [1.807, 2.05) is 25.2 Å². The van der Waals surface area contributed by atoms with Gasteiger partial charge in [-0.3, -0.25) is 48.6 Å². The minimum absolute atomic E-state index is 0.00851. The molecule has 3 heterocycles. The molecule has 0 aliphatic carbocycles. The number of hydrogen-bond donors (Lipinski definition) is 7. The topological polar surface area (TPSA) is 318 Å². The second-order valence-corrected chi connectivity index (χ2v) is 19.3. The Bertz CT molecular complexity index is 2730. The number of hydrogen-bond acceptors (Lipinski definition) is 16. The molecule has 4 unspecified atom stereocenters. The number of nitrogens with one attached hydrogen (secondary N) is 5. The number of unbranched alkanes of at least 4 members (excludes halogenated alkanes) is 2. The molecule has 3 aromatic carbocycles. The molecule has 0 bridgehead atoms. The van der Waals surface area contributed by atoms with Gasteiger partial charge < -0.3 is 60.2 Å². The number of aliphatic hydroxyl groups excluding tert-OH is 1. The molecule has 9 amide bonds. The molecule has 80 heavy (non-hydrogen) atoms. The number of anilines is 1. The number of piperidine rings is 1. The van der Waals surface area contributed by atoms with Crippen molar-refractivity contribution in [2.24, 2.45) is 0 Å². The highest BCUT2D eigenvalue weighted by Gasteiger charge is 2.39. The Morgan fingerprint density at radius 3 is 2.42 bits per heavy atom. The molecule has 25 heteroatoms. The number of ether oxygens (including phenoxy) is 4. The highest BCUT2D eigenvalue weighted by atomic mass is 35.5. The number of imide groups is 2. The summed E-state index contributed by atoms with van der Waals surface area (Å²) in [5, 5.41) is 33.5. The number of fused-ring (bicyclic) bond motifs is 1. The Labute approximate surface area is 467 Å². The summed E-state index contributed by atoms with van der Waals surface area (Å²) in [6.45, 7) is 3.78. The molecule has 0 aromatic heterocycles. The summed E-state index contributed by atoms with van der Waals surface area (Å²) in [6.07, 6.45) is 2.64. The number of rotatable bonds is 28. The zero-order chi connectivity index (χ0) is 58.1. The van der Waals surface area contributed by atoms with Crippen LogP contribution in [0.2, 0.25) is 5.02 Å². The molecule has 3 aliphatic rings. The van der Waals surface area contributed by atoms with Crippen molar-refractivity contribution < 1.29 is 77.1 Å². The van der Waals surface area contributed by atoms with Gasteiger partial charge in [0.15, 0.2) is 6.10 Å². The maximum absolute atomic E-state index is 13.4. The fourth-order valence-electron chi connectivity index (χ4n) is 8.62. The summed E-state index contributed by atoms with van der Waals surface area (Å²) >= 11 is 6.26. The van der Waals surface area contributed by atoms with Crippen molar-refractivity contribution in [2.75, 3.05) is 58.8 Å². The smallest absolute Gasteiger partial charge is 0.409 e. The van der Waals surface area contributed by atoms with E-state index < -0.39 is 48.4 Å². The van der Waals surface area contributed by atoms with Gasteiger partial charge in [-0.1, -0.05) is 48.4 Å². The second-order valence-electron chi connectivity index (χ2n) is 18.8. The Morgan fingerprint density at radius 2 is 1.71 bits per heavy atom. The number of carbonyl (C=O) groups excluding carboxylic acids is 9. The number of likely N-dealkylation sites (N-methyl/N-ethyl adjacent to an activating group) is 1. The third-order valence-corrected chi connectivity index (χ3v) is 13.2. The molecule has 0 saturated carbocycles. The van der Waals surface area contributed by atoms with Crippen LogP contribution in [0.5, 0.6) is 5.75 Å². The fourth-order valence-corrected chi connectivity index (χ4v) is 8.90. The Kier molecular flexibility index (Phi) is 25.5. The number of aliphatic hydroxyl groups is 1. The van der Waals surface area contributed by atoms with Crippen molar-refractivity contribution in [3.05, 3.63) is 105 Å². The highest BCUT2D eigenvalue weighted by Crippen LogP contribution is 2.30. The van der Waals surface area contributed by atoms with Crippen LogP contribution in [-0.2, 0) is 73.9 Å². The third kappa shape index (κ3) is 19.5. The molecule has 432 valence electrons. The summed E-state index contributed by atoms with van der Waals surface area (Å²) in [6, 6.07) is 14.8. The van der Waals surface area contributed by atoms with Gasteiger partial charge in [0.25, 0.3) is 17.7 Å². The summed E-state index contributed by atoms with van der Waals surface area (Å²) in [7, 11) is 3.41. The molecule has 7 N–H and O–H groups in total. The van der Waals surface area contributed by atoms with E-state index in [0.717, 1.165) is 28.1 Å². The van der Waals surface area contributed by atoms with E-state index in [0.29, 0.717) is 79.9 Å². The lowest BCUT2D eigenvalue weighted by atomic mass is 10.0. The fraction of sp³-hybridized carbons (Fsp3) is 0.455. The maximum atomic E-state index is 13.4. The molecule has 3 aliphatic heterocycles. The quantitative estimate of drug-likeness (QED) is 0.0238. The second kappa shape index (κ2) is 32.3. The van der Waals surface area contributed by atoms with Crippen LogP contribution in [0.3, 0.4) is 0 Å². The van der Waals surface area contributed by atoms with E-state index in [9.17, 15) is 58.2 Å². The number of halogens is 1. The van der Waals surface area contributed by atoms with E-state index in [4.69, 9.17) is 30.5 Å². The van der Waals surface area contributed by atoms with Crippen LogP contribution in [0, 0.1) is 0 Å². The lowest BCUT2D eigenvalue weighted by Crippen LogP contribution is -2.52. The van der Waals surface area contributed by atoms with Gasteiger partial charge in [0.1, 0.15) is 18.4 Å². The maximum Gasteiger partial charge on any atom is 0.409 e. The van der Waals surface area contributed by atoms with E-state index in [1.165, 1.54) is 30.2 Å². The minimum atomic E-state index is -1.31. The first kappa shape index (κ1) is 63.1. The lowest BCUT2D eigenvalue weighted by molar-refractivity contribution is -0.195. The first-order valence-electron chi connectivity index (χ1n) is 26.1. The molecular formula is C55H69ClN8O16. The minimum Gasteiger partial charge on any atom is -0.479 e. The number of benzene rings is 3. The molecular weight excluding hydrogens is 1060 g/mol. The number of allylic oxidation sites excluding steroid dienone is 1. The van der Waals surface area contributed by atoms with Gasteiger partial charge in [-0.05, 0) is 98.3 Å². The van der Waals surface area contributed by atoms with Crippen LogP contribution >= 0.6 is 11.6 Å². The largest absolute Gasteiger partial charge is 0.479 e. The first-order chi connectivity index (χ1) is 38.4. The molecule has 0 spiro atoms. The molecule has 0 radical (unpaired) electrons. The van der Waals surface area contributed by atoms with E-state index in [-0.39, 0.29) is 100 Å². The summed E-state index contributed by atoms with van der Waals surface area (Å²) in [4.78, 5) is 123. The molecule has 24 nitrogen and oxygen atoms in total. The number of carbonyl (C=O) groups is 10. The molecule has 3 aromatic rings. The van der Waals surface area contributed by atoms with Gasteiger partial charge in [0.2, 0.25) is 36.8 Å². The predicted molar refractivity (Wildman–Crippen MR) is 289 cm³/mol. The number of aliphatic carboxylic acids is 1. The predicted octanol–water partition coefficient (Wildman–Crippen LogP) is 3.20. The average molecular weight is 1130 g/mol. The van der Waals surface area contributed by atoms with Gasteiger partial charge in [-0.2, -0.15) is 0 Å². The van der Waals surface area contributed by atoms with Crippen molar-refractivity contribution >= 4 is 77.6 Å². The van der Waals surface area contributed by atoms with Gasteiger partial charge in [0.05, 0.1) is 24.9 Å². The number of nitrogens with zero attached hydrogens (tertiary/aromatic N) is 3. The van der Waals surface area contributed by atoms with Gasteiger partial charge in [-0.25, -0.2) is 9.59 Å². The Hall–Kier alpha value is -7.77. The van der Waals surface area contributed by atoms with E-state index in [1.54, 1.807) is 42.2 Å². The van der Waals surface area contributed by atoms with Crippen molar-refractivity contribution in [1.29, 1.82) is 0 Å². The van der Waals surface area contributed by atoms with Crippen LogP contribution in [0.1, 0.15) is 101 Å². The summed E-state index contributed by atoms with van der Waals surface area (Å²) < 4.78 is 22.5. The summed E-state index contributed by atoms with van der Waals surface area (Å²) in [5.41, 5.74) is 4.54. The number of amides is 9.